The van der Waals surface area contributed by atoms with Gasteiger partial charge in [0.1, 0.15) is 11.4 Å². The van der Waals surface area contributed by atoms with Crippen molar-refractivity contribution in [1.82, 2.24) is 4.98 Å². The van der Waals surface area contributed by atoms with Gasteiger partial charge in [-0.05, 0) is 25.0 Å². The van der Waals surface area contributed by atoms with Crippen LogP contribution in [0.15, 0.2) is 18.3 Å². The molecule has 4 nitrogen and oxygen atoms in total. The van der Waals surface area contributed by atoms with Crippen molar-refractivity contribution in [3.8, 4) is 5.75 Å². The molecule has 1 heterocycles. The number of methoxy groups -OCH3 is 2. The molecule has 0 radical (unpaired) electrons. The summed E-state index contributed by atoms with van der Waals surface area (Å²) in [5.74, 6) is 0.743. The van der Waals surface area contributed by atoms with Crippen molar-refractivity contribution >= 4 is 0 Å². The molecular weight excluding hydrogens is 228 g/mol. The third-order valence-corrected chi connectivity index (χ3v) is 3.99. The molecule has 1 saturated carbocycles. The summed E-state index contributed by atoms with van der Waals surface area (Å²) in [5, 5.41) is 0. The fourth-order valence-corrected chi connectivity index (χ4v) is 2.85. The molecule has 1 atom stereocenters. The van der Waals surface area contributed by atoms with E-state index in [0.717, 1.165) is 37.1 Å². The van der Waals surface area contributed by atoms with E-state index < -0.39 is 0 Å². The van der Waals surface area contributed by atoms with E-state index in [2.05, 4.69) is 4.98 Å². The van der Waals surface area contributed by atoms with Gasteiger partial charge in [-0.3, -0.25) is 4.98 Å². The van der Waals surface area contributed by atoms with E-state index in [4.69, 9.17) is 15.2 Å². The maximum absolute atomic E-state index is 6.42. The molecule has 1 aromatic rings. The first-order valence-electron chi connectivity index (χ1n) is 6.53. The van der Waals surface area contributed by atoms with Crippen LogP contribution < -0.4 is 10.5 Å². The molecule has 4 heteroatoms. The highest BCUT2D eigenvalue weighted by atomic mass is 16.5. The smallest absolute Gasteiger partial charge is 0.142 e. The Bertz CT molecular complexity index is 389. The fourth-order valence-electron chi connectivity index (χ4n) is 2.85. The first-order valence-corrected chi connectivity index (χ1v) is 6.53. The van der Waals surface area contributed by atoms with Crippen LogP contribution in [0.5, 0.6) is 5.75 Å². The number of hydrogen-bond acceptors (Lipinski definition) is 4. The number of hydrogen-bond donors (Lipinski definition) is 1. The number of aromatic nitrogens is 1. The zero-order chi connectivity index (χ0) is 13.0. The average Bonchev–Trinajstić information content (AvgIpc) is 2.47. The van der Waals surface area contributed by atoms with Crippen molar-refractivity contribution in [2.75, 3.05) is 14.2 Å². The van der Waals surface area contributed by atoms with Gasteiger partial charge in [-0.25, -0.2) is 0 Å². The van der Waals surface area contributed by atoms with E-state index in [1.807, 2.05) is 12.1 Å². The highest BCUT2D eigenvalue weighted by Gasteiger charge is 2.40. The van der Waals surface area contributed by atoms with Crippen LogP contribution in [0.25, 0.3) is 0 Å². The van der Waals surface area contributed by atoms with Crippen LogP contribution in [0.4, 0.5) is 0 Å². The standard InChI is InChI=1S/C14H22N2O2/c1-17-11-7-6-10-16-12(11)13(15)14(18-2)8-4-3-5-9-14/h6-7,10,13H,3-5,8-9,15H2,1-2H3. The molecule has 2 N–H and O–H groups in total. The Balaban J connectivity index is 2.30. The molecule has 0 bridgehead atoms. The minimum atomic E-state index is -0.292. The van der Waals surface area contributed by atoms with E-state index in [-0.39, 0.29) is 11.6 Å². The van der Waals surface area contributed by atoms with E-state index >= 15 is 0 Å². The van der Waals surface area contributed by atoms with Gasteiger partial charge in [0.2, 0.25) is 0 Å². The van der Waals surface area contributed by atoms with Crippen molar-refractivity contribution in [2.24, 2.45) is 5.73 Å². The molecule has 1 unspecified atom stereocenters. The van der Waals surface area contributed by atoms with Gasteiger partial charge in [-0.2, -0.15) is 0 Å². The predicted octanol–water partition coefficient (Wildman–Crippen LogP) is 2.44. The molecule has 0 aliphatic heterocycles. The molecule has 0 aromatic carbocycles. The molecule has 1 aliphatic rings. The van der Waals surface area contributed by atoms with Crippen LogP contribution in [0, 0.1) is 0 Å². The first kappa shape index (κ1) is 13.3. The van der Waals surface area contributed by atoms with Crippen LogP contribution in [0.2, 0.25) is 0 Å². The highest BCUT2D eigenvalue weighted by molar-refractivity contribution is 5.31. The molecular formula is C14H22N2O2. The summed E-state index contributed by atoms with van der Waals surface area (Å²) < 4.78 is 11.1. The summed E-state index contributed by atoms with van der Waals surface area (Å²) >= 11 is 0. The third-order valence-electron chi connectivity index (χ3n) is 3.99. The number of nitrogens with two attached hydrogens (primary N) is 1. The van der Waals surface area contributed by atoms with Crippen LogP contribution in [-0.4, -0.2) is 24.8 Å². The summed E-state index contributed by atoms with van der Waals surface area (Å²) in [4.78, 5) is 4.39. The lowest BCUT2D eigenvalue weighted by Gasteiger charge is -2.40. The number of ether oxygens (including phenoxy) is 2. The largest absolute Gasteiger partial charge is 0.495 e. The molecule has 0 saturated heterocycles. The topological polar surface area (TPSA) is 57.4 Å². The lowest BCUT2D eigenvalue weighted by atomic mass is 9.78. The molecule has 0 spiro atoms. The van der Waals surface area contributed by atoms with Crippen LogP contribution in [0.1, 0.15) is 43.8 Å². The zero-order valence-corrected chi connectivity index (χ0v) is 11.2. The average molecular weight is 250 g/mol. The van der Waals surface area contributed by atoms with Crippen molar-refractivity contribution in [3.05, 3.63) is 24.0 Å². The number of rotatable bonds is 4. The molecule has 1 fully saturated rings. The summed E-state index contributed by atoms with van der Waals surface area (Å²) in [6.07, 6.45) is 7.32. The molecule has 0 amide bonds. The second-order valence-corrected chi connectivity index (χ2v) is 4.90. The minimum Gasteiger partial charge on any atom is -0.495 e. The van der Waals surface area contributed by atoms with E-state index in [1.165, 1.54) is 6.42 Å². The molecule has 18 heavy (non-hydrogen) atoms. The number of nitrogens with zero attached hydrogens (tertiary/aromatic N) is 1. The van der Waals surface area contributed by atoms with E-state index in [1.54, 1.807) is 20.4 Å². The van der Waals surface area contributed by atoms with Gasteiger partial charge >= 0.3 is 0 Å². The summed E-state index contributed by atoms with van der Waals surface area (Å²) in [7, 11) is 3.40. The van der Waals surface area contributed by atoms with Crippen molar-refractivity contribution in [1.29, 1.82) is 0 Å². The van der Waals surface area contributed by atoms with Gasteiger partial charge in [0.15, 0.2) is 0 Å². The molecule has 100 valence electrons. The number of pyridine rings is 1. The monoisotopic (exact) mass is 250 g/mol. The molecule has 1 aliphatic carbocycles. The lowest BCUT2D eigenvalue weighted by molar-refractivity contribution is -0.0608. The van der Waals surface area contributed by atoms with Crippen molar-refractivity contribution in [3.63, 3.8) is 0 Å². The Morgan fingerprint density at radius 1 is 1.28 bits per heavy atom. The van der Waals surface area contributed by atoms with Gasteiger partial charge in [0.25, 0.3) is 0 Å². The van der Waals surface area contributed by atoms with Gasteiger partial charge < -0.3 is 15.2 Å². The SMILES string of the molecule is COc1cccnc1C(N)C1(OC)CCCCC1. The van der Waals surface area contributed by atoms with Crippen LogP contribution in [0.3, 0.4) is 0 Å². The summed E-state index contributed by atoms with van der Waals surface area (Å²) in [5.41, 5.74) is 6.93. The first-order chi connectivity index (χ1) is 8.73. The van der Waals surface area contributed by atoms with E-state index in [9.17, 15) is 0 Å². The Kier molecular flexibility index (Phi) is 4.19. The Hall–Kier alpha value is -1.13. The Labute approximate surface area is 108 Å². The molecule has 2 rings (SSSR count). The van der Waals surface area contributed by atoms with Gasteiger partial charge in [0.05, 0.1) is 18.8 Å². The second-order valence-electron chi connectivity index (χ2n) is 4.90. The van der Waals surface area contributed by atoms with Crippen LogP contribution in [-0.2, 0) is 4.74 Å². The lowest BCUT2D eigenvalue weighted by Crippen LogP contribution is -2.45. The van der Waals surface area contributed by atoms with Gasteiger partial charge in [-0.1, -0.05) is 19.3 Å². The maximum Gasteiger partial charge on any atom is 0.142 e. The quantitative estimate of drug-likeness (QED) is 0.891. The maximum atomic E-state index is 6.42. The zero-order valence-electron chi connectivity index (χ0n) is 11.2. The van der Waals surface area contributed by atoms with Crippen molar-refractivity contribution in [2.45, 2.75) is 43.7 Å². The Morgan fingerprint density at radius 2 is 2.00 bits per heavy atom. The third kappa shape index (κ3) is 2.35. The Morgan fingerprint density at radius 3 is 2.61 bits per heavy atom. The molecule has 1 aromatic heterocycles. The van der Waals surface area contributed by atoms with Gasteiger partial charge in [0, 0.05) is 13.3 Å². The predicted molar refractivity (Wildman–Crippen MR) is 70.5 cm³/mol. The second kappa shape index (κ2) is 5.67. The minimum absolute atomic E-state index is 0.237. The van der Waals surface area contributed by atoms with Gasteiger partial charge in [-0.15, -0.1) is 0 Å². The van der Waals surface area contributed by atoms with Crippen LogP contribution >= 0.6 is 0 Å². The highest BCUT2D eigenvalue weighted by Crippen LogP contribution is 2.41. The normalized spacial score (nSPS) is 20.4. The summed E-state index contributed by atoms with van der Waals surface area (Å²) in [6, 6.07) is 3.52. The fraction of sp³-hybridized carbons (Fsp3) is 0.643. The van der Waals surface area contributed by atoms with Crippen molar-refractivity contribution < 1.29 is 9.47 Å². The van der Waals surface area contributed by atoms with E-state index in [0.29, 0.717) is 0 Å². The summed E-state index contributed by atoms with van der Waals surface area (Å²) in [6.45, 7) is 0.